The molecule has 0 aliphatic carbocycles. The molecule has 0 heterocycles. The molecule has 194 valence electrons. The Hall–Kier alpha value is -2.27. The van der Waals surface area contributed by atoms with Gasteiger partial charge < -0.3 is 10.4 Å². The first-order chi connectivity index (χ1) is 16.4. The maximum absolute atomic E-state index is 13.3. The minimum absolute atomic E-state index is 0.133. The van der Waals surface area contributed by atoms with Gasteiger partial charge >= 0.3 is 0 Å². The molecule has 2 rings (SSSR count). The van der Waals surface area contributed by atoms with Gasteiger partial charge in [-0.15, -0.1) is 0 Å². The van der Waals surface area contributed by atoms with Crippen LogP contribution in [0.1, 0.15) is 32.3 Å². The number of aliphatic hydroxyl groups excluding tert-OH is 1. The van der Waals surface area contributed by atoms with E-state index in [1.165, 1.54) is 23.4 Å². The van der Waals surface area contributed by atoms with Crippen LogP contribution in [0.15, 0.2) is 65.6 Å². The molecular weight excluding hydrogens is 488 g/mol. The number of aliphatic hydroxyl groups is 1. The van der Waals surface area contributed by atoms with Crippen molar-refractivity contribution in [2.24, 2.45) is 5.92 Å². The second-order valence-corrected chi connectivity index (χ2v) is 13.0. The van der Waals surface area contributed by atoms with Crippen LogP contribution >= 0.6 is 0 Å². The number of sulfone groups is 1. The van der Waals surface area contributed by atoms with Crippen molar-refractivity contribution in [3.63, 3.8) is 0 Å². The van der Waals surface area contributed by atoms with E-state index < -0.39 is 43.8 Å². The van der Waals surface area contributed by atoms with Crippen molar-refractivity contribution < 1.29 is 26.7 Å². The Balaban J connectivity index is 2.29. The van der Waals surface area contributed by atoms with Crippen molar-refractivity contribution in [1.29, 1.82) is 0 Å². The number of nitrogens with one attached hydrogen (secondary N) is 1. The number of benzene rings is 2. The molecule has 1 unspecified atom stereocenters. The quantitative estimate of drug-likeness (QED) is 0.391. The van der Waals surface area contributed by atoms with Gasteiger partial charge in [0.25, 0.3) is 0 Å². The van der Waals surface area contributed by atoms with Crippen LogP contribution in [-0.4, -0.2) is 69.4 Å². The van der Waals surface area contributed by atoms with E-state index in [0.717, 1.165) is 18.2 Å². The summed E-state index contributed by atoms with van der Waals surface area (Å²) in [7, 11) is -7.24. The number of unbranched alkanes of at least 4 members (excludes halogenated alkanes) is 1. The second kappa shape index (κ2) is 13.2. The normalized spacial score (nSPS) is 14.9. The molecule has 2 aromatic carbocycles. The van der Waals surface area contributed by atoms with Gasteiger partial charge in [0.05, 0.1) is 22.8 Å². The third-order valence-electron chi connectivity index (χ3n) is 5.62. The summed E-state index contributed by atoms with van der Waals surface area (Å²) in [4.78, 5) is 12.9. The first-order valence-electron chi connectivity index (χ1n) is 11.7. The first kappa shape index (κ1) is 29.0. The largest absolute Gasteiger partial charge is 0.390 e. The molecule has 0 radical (unpaired) electrons. The SMILES string of the molecule is CCCCN(C[C@@H](O)[C@H](Cc1ccccc1)NC(=O)C(C)CS(C)(=O)=O)S(=O)(=O)c1ccccc1. The Kier molecular flexibility index (Phi) is 10.9. The lowest BCUT2D eigenvalue weighted by Gasteiger charge is -2.30. The highest BCUT2D eigenvalue weighted by Crippen LogP contribution is 2.18. The van der Waals surface area contributed by atoms with E-state index >= 15 is 0 Å². The molecule has 2 aromatic rings. The number of rotatable bonds is 14. The fourth-order valence-electron chi connectivity index (χ4n) is 3.73. The Bertz CT molecular complexity index is 1140. The number of carbonyl (C=O) groups is 1. The first-order valence-corrected chi connectivity index (χ1v) is 15.2. The fourth-order valence-corrected chi connectivity index (χ4v) is 6.30. The van der Waals surface area contributed by atoms with Crippen molar-refractivity contribution in [2.45, 2.75) is 50.2 Å². The summed E-state index contributed by atoms with van der Waals surface area (Å²) < 4.78 is 51.1. The minimum atomic E-state index is -3.86. The molecule has 0 spiro atoms. The third kappa shape index (κ3) is 9.36. The molecule has 0 saturated heterocycles. The molecule has 1 amide bonds. The number of carbonyl (C=O) groups excluding carboxylic acids is 1. The van der Waals surface area contributed by atoms with Crippen LogP contribution in [0.2, 0.25) is 0 Å². The maximum Gasteiger partial charge on any atom is 0.243 e. The van der Waals surface area contributed by atoms with E-state index in [0.29, 0.717) is 6.42 Å². The Labute approximate surface area is 209 Å². The lowest BCUT2D eigenvalue weighted by molar-refractivity contribution is -0.125. The van der Waals surface area contributed by atoms with Gasteiger partial charge in [-0.05, 0) is 30.5 Å². The van der Waals surface area contributed by atoms with Gasteiger partial charge in [-0.3, -0.25) is 4.79 Å². The molecule has 0 bridgehead atoms. The van der Waals surface area contributed by atoms with Gasteiger partial charge in [-0.1, -0.05) is 68.8 Å². The van der Waals surface area contributed by atoms with Gasteiger partial charge in [0.15, 0.2) is 0 Å². The summed E-state index contributed by atoms with van der Waals surface area (Å²) in [6.45, 7) is 3.47. The van der Waals surface area contributed by atoms with Crippen molar-refractivity contribution >= 4 is 25.8 Å². The summed E-state index contributed by atoms with van der Waals surface area (Å²) >= 11 is 0. The second-order valence-electron chi connectivity index (χ2n) is 8.90. The Morgan fingerprint density at radius 2 is 1.57 bits per heavy atom. The summed E-state index contributed by atoms with van der Waals surface area (Å²) in [6, 6.07) is 16.4. The Morgan fingerprint density at radius 1 is 1.00 bits per heavy atom. The summed E-state index contributed by atoms with van der Waals surface area (Å²) in [5.74, 6) is -1.65. The van der Waals surface area contributed by atoms with Crippen LogP contribution in [0.25, 0.3) is 0 Å². The van der Waals surface area contributed by atoms with E-state index in [1.54, 1.807) is 18.2 Å². The van der Waals surface area contributed by atoms with Gasteiger partial charge in [0.1, 0.15) is 9.84 Å². The topological polar surface area (TPSA) is 121 Å². The van der Waals surface area contributed by atoms with Crippen LogP contribution in [0.4, 0.5) is 0 Å². The average Bonchev–Trinajstić information content (AvgIpc) is 2.81. The third-order valence-corrected chi connectivity index (χ3v) is 8.61. The van der Waals surface area contributed by atoms with Crippen molar-refractivity contribution in [1.82, 2.24) is 9.62 Å². The van der Waals surface area contributed by atoms with E-state index in [9.17, 15) is 26.7 Å². The predicted octanol–water partition coefficient (Wildman–Crippen LogP) is 2.25. The molecule has 35 heavy (non-hydrogen) atoms. The highest BCUT2D eigenvalue weighted by molar-refractivity contribution is 7.90. The molecule has 0 fully saturated rings. The van der Waals surface area contributed by atoms with Crippen LogP contribution in [0.3, 0.4) is 0 Å². The molecule has 0 aromatic heterocycles. The van der Waals surface area contributed by atoms with Crippen LogP contribution in [-0.2, 0) is 31.1 Å². The number of amides is 1. The zero-order valence-electron chi connectivity index (χ0n) is 20.5. The fraction of sp³-hybridized carbons (Fsp3) is 0.480. The average molecular weight is 525 g/mol. The Morgan fingerprint density at radius 3 is 2.11 bits per heavy atom. The molecule has 3 atom stereocenters. The van der Waals surface area contributed by atoms with E-state index in [2.05, 4.69) is 5.32 Å². The standard InChI is InChI=1S/C25H36N2O6S2/c1-4-5-16-27(35(32,33)22-14-10-7-11-15-22)18-24(28)23(17-21-12-8-6-9-13-21)26-25(29)20(2)19-34(3,30)31/h6-15,20,23-24,28H,4-5,16-19H2,1-3H3,(H,26,29)/t20?,23-,24+/m0/s1. The van der Waals surface area contributed by atoms with Crippen LogP contribution in [0.5, 0.6) is 0 Å². The van der Waals surface area contributed by atoms with Crippen molar-refractivity contribution in [3.8, 4) is 0 Å². The smallest absolute Gasteiger partial charge is 0.243 e. The highest BCUT2D eigenvalue weighted by Gasteiger charge is 2.31. The van der Waals surface area contributed by atoms with E-state index in [1.807, 2.05) is 37.3 Å². The predicted molar refractivity (Wildman–Crippen MR) is 137 cm³/mol. The summed E-state index contributed by atoms with van der Waals surface area (Å²) in [6.07, 6.45) is 1.48. The summed E-state index contributed by atoms with van der Waals surface area (Å²) in [5.41, 5.74) is 0.846. The zero-order valence-corrected chi connectivity index (χ0v) is 22.1. The molecule has 8 nitrogen and oxygen atoms in total. The molecule has 2 N–H and O–H groups in total. The number of sulfonamides is 1. The van der Waals surface area contributed by atoms with Crippen LogP contribution < -0.4 is 5.32 Å². The lowest BCUT2D eigenvalue weighted by atomic mass is 10.00. The molecule has 0 aliphatic rings. The highest BCUT2D eigenvalue weighted by atomic mass is 32.2. The molecule has 10 heteroatoms. The number of hydrogen-bond acceptors (Lipinski definition) is 6. The van der Waals surface area contributed by atoms with Crippen LogP contribution in [0, 0.1) is 5.92 Å². The van der Waals surface area contributed by atoms with Gasteiger partial charge in [-0.25, -0.2) is 16.8 Å². The monoisotopic (exact) mass is 524 g/mol. The zero-order chi connectivity index (χ0) is 26.1. The summed E-state index contributed by atoms with van der Waals surface area (Å²) in [5, 5.41) is 13.9. The van der Waals surface area contributed by atoms with Gasteiger partial charge in [-0.2, -0.15) is 4.31 Å². The number of nitrogens with zero attached hydrogens (tertiary/aromatic N) is 1. The molecule has 0 aliphatic heterocycles. The lowest BCUT2D eigenvalue weighted by Crippen LogP contribution is -2.52. The van der Waals surface area contributed by atoms with E-state index in [4.69, 9.17) is 0 Å². The van der Waals surface area contributed by atoms with Gasteiger partial charge in [0, 0.05) is 25.3 Å². The minimum Gasteiger partial charge on any atom is -0.390 e. The maximum atomic E-state index is 13.3. The van der Waals surface area contributed by atoms with Crippen molar-refractivity contribution in [3.05, 3.63) is 66.2 Å². The number of hydrogen-bond donors (Lipinski definition) is 2. The van der Waals surface area contributed by atoms with Crippen molar-refractivity contribution in [2.75, 3.05) is 25.1 Å². The van der Waals surface area contributed by atoms with E-state index in [-0.39, 0.29) is 30.2 Å². The van der Waals surface area contributed by atoms with Gasteiger partial charge in [0.2, 0.25) is 15.9 Å². The molecule has 0 saturated carbocycles. The molecular formula is C25H36N2O6S2.